The molecule has 8 nitrogen and oxygen atoms in total. The molecular weight excluding hydrogens is 449 g/mol. The molecule has 5 rings (SSSR count). The number of aromatic nitrogens is 5. The number of hydrogen-bond donors (Lipinski definition) is 2. The SMILES string of the molecule is Nc1ncc(-c2cc3n(n2)CCO[C@@]32CCN(C(c3ncc[nH]3)C(F)F)C2)cc1C(F)(F)F. The molecule has 5 heterocycles. The van der Waals surface area contributed by atoms with Crippen LogP contribution < -0.4 is 5.73 Å². The average Bonchev–Trinajstić information content (AvgIpc) is 3.49. The molecule has 3 aromatic rings. The molecule has 0 radical (unpaired) electrons. The summed E-state index contributed by atoms with van der Waals surface area (Å²) >= 11 is 0. The van der Waals surface area contributed by atoms with E-state index >= 15 is 0 Å². The minimum absolute atomic E-state index is 0.157. The third-order valence-electron chi connectivity index (χ3n) is 6.14. The van der Waals surface area contributed by atoms with E-state index in [0.29, 0.717) is 31.8 Å². The van der Waals surface area contributed by atoms with Gasteiger partial charge in [0.25, 0.3) is 6.43 Å². The molecule has 2 atom stereocenters. The molecule has 1 fully saturated rings. The van der Waals surface area contributed by atoms with Gasteiger partial charge in [-0.2, -0.15) is 18.3 Å². The van der Waals surface area contributed by atoms with Crippen molar-refractivity contribution >= 4 is 5.82 Å². The Balaban J connectivity index is 1.48. The monoisotopic (exact) mass is 469 g/mol. The van der Waals surface area contributed by atoms with Crippen LogP contribution in [0, 0.1) is 0 Å². The number of alkyl halides is 5. The molecule has 2 aliphatic heterocycles. The Hall–Kier alpha value is -3.06. The molecule has 3 N–H and O–H groups in total. The van der Waals surface area contributed by atoms with Crippen molar-refractivity contribution in [2.75, 3.05) is 25.4 Å². The number of nitrogens with two attached hydrogens (primary N) is 1. The van der Waals surface area contributed by atoms with Gasteiger partial charge >= 0.3 is 6.18 Å². The molecule has 0 saturated carbocycles. The Labute approximate surface area is 184 Å². The van der Waals surface area contributed by atoms with E-state index in [1.165, 1.54) is 18.6 Å². The Morgan fingerprint density at radius 2 is 2.00 bits per heavy atom. The van der Waals surface area contributed by atoms with E-state index in [1.54, 1.807) is 15.6 Å². The number of rotatable bonds is 4. The number of aromatic amines is 1. The zero-order valence-electron chi connectivity index (χ0n) is 17.2. The molecule has 3 aromatic heterocycles. The largest absolute Gasteiger partial charge is 0.419 e. The Morgan fingerprint density at radius 3 is 2.70 bits per heavy atom. The van der Waals surface area contributed by atoms with Crippen LogP contribution in [-0.2, 0) is 23.1 Å². The zero-order valence-corrected chi connectivity index (χ0v) is 17.2. The molecule has 0 aliphatic carbocycles. The normalized spacial score (nSPS) is 22.2. The number of H-pyrrole nitrogens is 1. The number of nitrogen functional groups attached to an aromatic ring is 1. The summed E-state index contributed by atoms with van der Waals surface area (Å²) in [7, 11) is 0. The van der Waals surface area contributed by atoms with Crippen molar-refractivity contribution in [3.8, 4) is 11.3 Å². The van der Waals surface area contributed by atoms with Crippen molar-refractivity contribution in [2.45, 2.75) is 37.2 Å². The topological polar surface area (TPSA) is 97.9 Å². The van der Waals surface area contributed by atoms with Gasteiger partial charge in [0.05, 0.1) is 30.1 Å². The first-order valence-electron chi connectivity index (χ1n) is 10.2. The summed E-state index contributed by atoms with van der Waals surface area (Å²) < 4.78 is 75.3. The minimum Gasteiger partial charge on any atom is -0.383 e. The van der Waals surface area contributed by atoms with Crippen molar-refractivity contribution in [1.29, 1.82) is 0 Å². The predicted molar refractivity (Wildman–Crippen MR) is 106 cm³/mol. The van der Waals surface area contributed by atoms with Crippen LogP contribution >= 0.6 is 0 Å². The number of imidazole rings is 1. The Morgan fingerprint density at radius 1 is 1.18 bits per heavy atom. The standard InChI is InChI=1S/C20H20F5N7O/c21-16(22)15(18-27-2-3-28-18)31-4-1-19(10-31)14-8-13(30-32(14)5-6-33-19)11-7-12(20(23,24)25)17(26)29-9-11/h2-3,7-9,15-16H,1,4-6,10H2,(H2,26,29)(H,27,28)/t15?,19-/m1/s1. The number of likely N-dealkylation sites (tertiary alicyclic amines) is 1. The Kier molecular flexibility index (Phi) is 5.12. The predicted octanol–water partition coefficient (Wildman–Crippen LogP) is 3.21. The lowest BCUT2D eigenvalue weighted by Gasteiger charge is -2.35. The number of hydrogen-bond acceptors (Lipinski definition) is 6. The summed E-state index contributed by atoms with van der Waals surface area (Å²) in [4.78, 5) is 12.0. The maximum absolute atomic E-state index is 13.9. The first kappa shape index (κ1) is 21.8. The zero-order chi connectivity index (χ0) is 23.4. The quantitative estimate of drug-likeness (QED) is 0.570. The lowest BCUT2D eigenvalue weighted by Crippen LogP contribution is -2.42. The van der Waals surface area contributed by atoms with Gasteiger partial charge < -0.3 is 15.5 Å². The van der Waals surface area contributed by atoms with E-state index in [0.717, 1.165) is 6.07 Å². The van der Waals surface area contributed by atoms with Gasteiger partial charge in [-0.1, -0.05) is 0 Å². The van der Waals surface area contributed by atoms with Gasteiger partial charge in [-0.05, 0) is 18.6 Å². The molecule has 1 spiro atoms. The van der Waals surface area contributed by atoms with E-state index < -0.39 is 35.6 Å². The second-order valence-electron chi connectivity index (χ2n) is 8.11. The maximum atomic E-state index is 13.9. The van der Waals surface area contributed by atoms with Crippen molar-refractivity contribution < 1.29 is 26.7 Å². The van der Waals surface area contributed by atoms with Gasteiger partial charge in [-0.15, -0.1) is 0 Å². The highest BCUT2D eigenvalue weighted by Gasteiger charge is 2.49. The summed E-state index contributed by atoms with van der Waals surface area (Å²) in [6.45, 7) is 1.19. The van der Waals surface area contributed by atoms with Crippen LogP contribution in [0.4, 0.5) is 27.8 Å². The Bertz CT molecular complexity index is 1150. The smallest absolute Gasteiger partial charge is 0.383 e. The third-order valence-corrected chi connectivity index (χ3v) is 6.14. The van der Waals surface area contributed by atoms with E-state index in [4.69, 9.17) is 10.5 Å². The van der Waals surface area contributed by atoms with E-state index in [2.05, 4.69) is 20.1 Å². The van der Waals surface area contributed by atoms with Gasteiger partial charge in [0, 0.05) is 37.2 Å². The van der Waals surface area contributed by atoms with Crippen LogP contribution in [0.5, 0.6) is 0 Å². The van der Waals surface area contributed by atoms with Gasteiger partial charge in [0.2, 0.25) is 0 Å². The molecule has 2 aliphatic rings. The van der Waals surface area contributed by atoms with Crippen LogP contribution in [0.15, 0.2) is 30.7 Å². The lowest BCUT2D eigenvalue weighted by atomic mass is 9.96. The second kappa shape index (κ2) is 7.76. The summed E-state index contributed by atoms with van der Waals surface area (Å²) in [5.74, 6) is -0.447. The summed E-state index contributed by atoms with van der Waals surface area (Å²) in [6, 6.07) is 1.33. The van der Waals surface area contributed by atoms with Crippen LogP contribution in [-0.4, -0.2) is 55.8 Å². The van der Waals surface area contributed by atoms with E-state index in [9.17, 15) is 22.0 Å². The molecule has 0 bridgehead atoms. The number of nitrogens with zero attached hydrogens (tertiary/aromatic N) is 5. The van der Waals surface area contributed by atoms with Crippen molar-refractivity contribution in [1.82, 2.24) is 29.6 Å². The number of anilines is 1. The van der Waals surface area contributed by atoms with Crippen molar-refractivity contribution in [3.05, 3.63) is 47.8 Å². The molecule has 1 unspecified atom stereocenters. The molecule has 176 valence electrons. The van der Waals surface area contributed by atoms with Crippen LogP contribution in [0.2, 0.25) is 0 Å². The highest BCUT2D eigenvalue weighted by molar-refractivity contribution is 5.63. The van der Waals surface area contributed by atoms with Crippen LogP contribution in [0.1, 0.15) is 29.5 Å². The molecule has 0 amide bonds. The highest BCUT2D eigenvalue weighted by Crippen LogP contribution is 2.43. The first-order valence-corrected chi connectivity index (χ1v) is 10.2. The number of ether oxygens (including phenoxy) is 1. The lowest BCUT2D eigenvalue weighted by molar-refractivity contribution is -0.137. The summed E-state index contributed by atoms with van der Waals surface area (Å²) in [5, 5.41) is 4.45. The molecule has 13 heteroatoms. The molecule has 1 saturated heterocycles. The number of halogens is 5. The number of pyridine rings is 1. The fourth-order valence-corrected chi connectivity index (χ4v) is 4.60. The van der Waals surface area contributed by atoms with Crippen LogP contribution in [0.25, 0.3) is 11.3 Å². The average molecular weight is 469 g/mol. The summed E-state index contributed by atoms with van der Waals surface area (Å²) in [5.41, 5.74) is 4.52. The van der Waals surface area contributed by atoms with Gasteiger partial charge in [-0.25, -0.2) is 18.7 Å². The molecule has 33 heavy (non-hydrogen) atoms. The first-order chi connectivity index (χ1) is 15.7. The van der Waals surface area contributed by atoms with Gasteiger partial charge in [-0.3, -0.25) is 9.58 Å². The van der Waals surface area contributed by atoms with E-state index in [-0.39, 0.29) is 23.6 Å². The van der Waals surface area contributed by atoms with E-state index in [1.807, 2.05) is 0 Å². The maximum Gasteiger partial charge on any atom is 0.419 e. The fraction of sp³-hybridized carbons (Fsp3) is 0.450. The van der Waals surface area contributed by atoms with Crippen molar-refractivity contribution in [3.63, 3.8) is 0 Å². The highest BCUT2D eigenvalue weighted by atomic mass is 19.4. The molecular formula is C20H20F5N7O. The van der Waals surface area contributed by atoms with Gasteiger partial charge in [0.1, 0.15) is 23.3 Å². The minimum atomic E-state index is -4.65. The second-order valence-corrected chi connectivity index (χ2v) is 8.11. The summed E-state index contributed by atoms with van der Waals surface area (Å²) in [6.07, 6.45) is -2.75. The third kappa shape index (κ3) is 3.74. The van der Waals surface area contributed by atoms with Crippen LogP contribution in [0.3, 0.4) is 0 Å². The fourth-order valence-electron chi connectivity index (χ4n) is 4.60. The number of nitrogens with one attached hydrogen (secondary N) is 1. The number of fused-ring (bicyclic) bond motifs is 2. The molecule has 0 aromatic carbocycles. The van der Waals surface area contributed by atoms with Gasteiger partial charge in [0.15, 0.2) is 0 Å². The van der Waals surface area contributed by atoms with Crippen molar-refractivity contribution in [2.24, 2.45) is 0 Å².